The minimum absolute atomic E-state index is 0.105. The van der Waals surface area contributed by atoms with Crippen molar-refractivity contribution in [2.45, 2.75) is 123 Å². The van der Waals surface area contributed by atoms with Crippen LogP contribution in [0.4, 0.5) is 0 Å². The second-order valence-electron chi connectivity index (χ2n) is 8.07. The van der Waals surface area contributed by atoms with Crippen molar-refractivity contribution < 1.29 is 4.79 Å². The summed E-state index contributed by atoms with van der Waals surface area (Å²) in [5, 5.41) is 3.69. The van der Waals surface area contributed by atoms with Gasteiger partial charge in [-0.3, -0.25) is 4.79 Å². The summed E-state index contributed by atoms with van der Waals surface area (Å²) in [6.45, 7) is 6.23. The molecule has 0 aliphatic rings. The fraction of sp³-hybridized carbons (Fsp3) is 0.826. The first kappa shape index (κ1) is 23.9. The molecule has 1 rings (SSSR count). The van der Waals surface area contributed by atoms with E-state index in [0.29, 0.717) is 12.5 Å². The molecule has 4 heteroatoms. The quantitative estimate of drug-likeness (QED) is 0.309. The van der Waals surface area contributed by atoms with Gasteiger partial charge in [0, 0.05) is 24.4 Å². The molecule has 0 amide bonds. The van der Waals surface area contributed by atoms with E-state index in [2.05, 4.69) is 29.1 Å². The molecule has 0 aromatic carbocycles. The lowest BCUT2D eigenvalue weighted by Gasteiger charge is -2.24. The van der Waals surface area contributed by atoms with Crippen LogP contribution in [0.5, 0.6) is 0 Å². The van der Waals surface area contributed by atoms with Gasteiger partial charge in [-0.05, 0) is 19.8 Å². The Labute approximate surface area is 167 Å². The number of carbonyl (C=O) groups excluding carboxylic acids is 1. The van der Waals surface area contributed by atoms with Crippen LogP contribution >= 0.6 is 0 Å². The molecule has 1 aromatic rings. The minimum Gasteiger partial charge on any atom is -0.348 e. The number of unbranched alkanes of at least 4 members (excludes halogenated alkanes) is 9. The van der Waals surface area contributed by atoms with E-state index in [9.17, 15) is 4.79 Å². The van der Waals surface area contributed by atoms with Crippen molar-refractivity contribution in [2.24, 2.45) is 0 Å². The normalized spacial score (nSPS) is 13.6. The predicted molar refractivity (Wildman–Crippen MR) is 115 cm³/mol. The van der Waals surface area contributed by atoms with E-state index in [1.807, 2.05) is 6.20 Å². The van der Waals surface area contributed by atoms with Crippen LogP contribution in [0.3, 0.4) is 0 Å². The molecule has 0 fully saturated rings. The zero-order valence-electron chi connectivity index (χ0n) is 18.1. The topological polar surface area (TPSA) is 57.8 Å². The highest BCUT2D eigenvalue weighted by Gasteiger charge is 2.20. The lowest BCUT2D eigenvalue weighted by Crippen LogP contribution is -2.44. The number of nitrogens with one attached hydrogen (secondary N) is 2. The lowest BCUT2D eigenvalue weighted by atomic mass is 9.98. The average molecular weight is 378 g/mol. The van der Waals surface area contributed by atoms with Crippen LogP contribution in [0.25, 0.3) is 0 Å². The molecule has 0 radical (unpaired) electrons. The Balaban J connectivity index is 2.46. The van der Waals surface area contributed by atoms with E-state index in [0.717, 1.165) is 5.69 Å². The number of nitrogens with zero attached hydrogens (tertiary/aromatic N) is 1. The largest absolute Gasteiger partial charge is 0.348 e. The summed E-state index contributed by atoms with van der Waals surface area (Å²) in [6.07, 6.45) is 21.1. The molecular weight excluding hydrogens is 334 g/mol. The maximum atomic E-state index is 12.2. The molecule has 2 unspecified atom stereocenters. The number of rotatable bonds is 18. The summed E-state index contributed by atoms with van der Waals surface area (Å²) in [4.78, 5) is 19.4. The molecule has 27 heavy (non-hydrogen) atoms. The van der Waals surface area contributed by atoms with Crippen molar-refractivity contribution in [3.05, 3.63) is 18.2 Å². The highest BCUT2D eigenvalue weighted by Crippen LogP contribution is 2.15. The van der Waals surface area contributed by atoms with Gasteiger partial charge < -0.3 is 10.3 Å². The number of Topliss-reactive ketones (excluding diaryl/α,β-unsaturated/α-hetero) is 1. The van der Waals surface area contributed by atoms with Gasteiger partial charge in [-0.2, -0.15) is 0 Å². The van der Waals surface area contributed by atoms with E-state index in [-0.39, 0.29) is 11.8 Å². The summed E-state index contributed by atoms with van der Waals surface area (Å²) >= 11 is 0. The summed E-state index contributed by atoms with van der Waals surface area (Å²) in [5.41, 5.74) is 1.03. The lowest BCUT2D eigenvalue weighted by molar-refractivity contribution is -0.119. The Hall–Kier alpha value is -1.16. The number of carbonyl (C=O) groups is 1. The highest BCUT2D eigenvalue weighted by atomic mass is 16.1. The number of imidazole rings is 1. The maximum absolute atomic E-state index is 12.2. The Morgan fingerprint density at radius 3 is 2.00 bits per heavy atom. The minimum atomic E-state index is -0.105. The van der Waals surface area contributed by atoms with Crippen molar-refractivity contribution in [1.29, 1.82) is 0 Å². The van der Waals surface area contributed by atoms with Gasteiger partial charge in [0.05, 0.1) is 12.4 Å². The van der Waals surface area contributed by atoms with E-state index in [1.54, 1.807) is 13.3 Å². The molecule has 4 nitrogen and oxygen atoms in total. The van der Waals surface area contributed by atoms with Gasteiger partial charge in [0.2, 0.25) is 0 Å². The van der Waals surface area contributed by atoms with Crippen molar-refractivity contribution in [3.63, 3.8) is 0 Å². The fourth-order valence-electron chi connectivity index (χ4n) is 3.70. The zero-order valence-corrected chi connectivity index (χ0v) is 18.1. The Morgan fingerprint density at radius 1 is 0.963 bits per heavy atom. The molecule has 0 aliphatic carbocycles. The number of H-pyrrole nitrogens is 1. The van der Waals surface area contributed by atoms with Gasteiger partial charge in [0.25, 0.3) is 0 Å². The van der Waals surface area contributed by atoms with E-state index >= 15 is 0 Å². The maximum Gasteiger partial charge on any atom is 0.147 e. The van der Waals surface area contributed by atoms with Gasteiger partial charge in [0.15, 0.2) is 0 Å². The smallest absolute Gasteiger partial charge is 0.147 e. The second kappa shape index (κ2) is 15.9. The number of ketones is 1. The van der Waals surface area contributed by atoms with Crippen LogP contribution in [0, 0.1) is 0 Å². The summed E-state index contributed by atoms with van der Waals surface area (Å²) in [6, 6.07) is 0.348. The Morgan fingerprint density at radius 2 is 1.52 bits per heavy atom. The monoisotopic (exact) mass is 377 g/mol. The molecule has 0 saturated heterocycles. The molecule has 0 saturated carbocycles. The summed E-state index contributed by atoms with van der Waals surface area (Å²) in [7, 11) is 0. The van der Waals surface area contributed by atoms with Crippen molar-refractivity contribution in [1.82, 2.24) is 15.3 Å². The third-order valence-corrected chi connectivity index (χ3v) is 5.47. The van der Waals surface area contributed by atoms with Crippen LogP contribution in [0.15, 0.2) is 12.5 Å². The fourth-order valence-corrected chi connectivity index (χ4v) is 3.70. The van der Waals surface area contributed by atoms with Crippen LogP contribution in [0.2, 0.25) is 0 Å². The van der Waals surface area contributed by atoms with Crippen molar-refractivity contribution in [2.75, 3.05) is 0 Å². The average Bonchev–Trinajstić information content (AvgIpc) is 3.16. The molecule has 2 atom stereocenters. The van der Waals surface area contributed by atoms with Gasteiger partial charge in [0.1, 0.15) is 5.78 Å². The number of hydrogen-bond acceptors (Lipinski definition) is 3. The van der Waals surface area contributed by atoms with E-state index in [1.165, 1.54) is 83.5 Å². The molecule has 1 heterocycles. The summed E-state index contributed by atoms with van der Waals surface area (Å²) < 4.78 is 0. The standard InChI is InChI=1S/C23H43N3O/c1-4-6-8-10-12-14-16-21(15-13-11-9-7-5-2)26-23(20(3)27)17-22-18-24-19-25-22/h18-19,21,23,26H,4-17H2,1-3H3,(H,24,25). The highest BCUT2D eigenvalue weighted by molar-refractivity contribution is 5.81. The molecule has 156 valence electrons. The SMILES string of the molecule is CCCCCCCCC(CCCCCCC)NC(Cc1cnc[nH]1)C(C)=O. The molecule has 0 aliphatic heterocycles. The van der Waals surface area contributed by atoms with Crippen LogP contribution < -0.4 is 5.32 Å². The van der Waals surface area contributed by atoms with Crippen LogP contribution in [-0.4, -0.2) is 27.8 Å². The molecule has 1 aromatic heterocycles. The molecule has 2 N–H and O–H groups in total. The second-order valence-corrected chi connectivity index (χ2v) is 8.07. The Bertz CT molecular complexity index is 458. The zero-order chi connectivity index (χ0) is 19.7. The van der Waals surface area contributed by atoms with Crippen molar-refractivity contribution in [3.8, 4) is 0 Å². The first-order valence-electron chi connectivity index (χ1n) is 11.4. The molecule has 0 spiro atoms. The first-order chi connectivity index (χ1) is 13.2. The van der Waals surface area contributed by atoms with E-state index < -0.39 is 0 Å². The Kier molecular flexibility index (Phi) is 14.0. The van der Waals surface area contributed by atoms with E-state index in [4.69, 9.17) is 0 Å². The third kappa shape index (κ3) is 12.0. The molecular formula is C23H43N3O. The third-order valence-electron chi connectivity index (χ3n) is 5.47. The van der Waals surface area contributed by atoms with Gasteiger partial charge in [-0.25, -0.2) is 4.98 Å². The predicted octanol–water partition coefficient (Wildman–Crippen LogP) is 5.98. The van der Waals surface area contributed by atoms with Gasteiger partial charge >= 0.3 is 0 Å². The van der Waals surface area contributed by atoms with Gasteiger partial charge in [-0.15, -0.1) is 0 Å². The van der Waals surface area contributed by atoms with Crippen molar-refractivity contribution >= 4 is 5.78 Å². The number of aromatic amines is 1. The first-order valence-corrected chi connectivity index (χ1v) is 11.4. The number of aromatic nitrogens is 2. The summed E-state index contributed by atoms with van der Waals surface area (Å²) in [5.74, 6) is 0.225. The van der Waals surface area contributed by atoms with Crippen LogP contribution in [-0.2, 0) is 11.2 Å². The number of hydrogen-bond donors (Lipinski definition) is 2. The van der Waals surface area contributed by atoms with Gasteiger partial charge in [-0.1, -0.05) is 84.5 Å². The molecule has 0 bridgehead atoms. The van der Waals surface area contributed by atoms with Crippen LogP contribution in [0.1, 0.15) is 110 Å².